The lowest BCUT2D eigenvalue weighted by molar-refractivity contribution is 0.218. The highest BCUT2D eigenvalue weighted by Gasteiger charge is 2.31. The van der Waals surface area contributed by atoms with Gasteiger partial charge < -0.3 is 10.1 Å². The van der Waals surface area contributed by atoms with Crippen LogP contribution in [0.5, 0.6) is 5.75 Å². The number of aromatic nitrogens is 2. The van der Waals surface area contributed by atoms with Crippen LogP contribution in [0.15, 0.2) is 6.20 Å². The normalized spacial score (nSPS) is 24.9. The summed E-state index contributed by atoms with van der Waals surface area (Å²) < 4.78 is 7.66. The predicted molar refractivity (Wildman–Crippen MR) is 82.1 cm³/mol. The standard InChI is InChI=1S/C16H29N3O/c1-11(2)19-16(14(20-5)10-18-19)15(17-4)13-8-6-7-12(3)9-13/h10-13,15,17H,6-9H2,1-5H3. The van der Waals surface area contributed by atoms with E-state index in [-0.39, 0.29) is 0 Å². The molecule has 1 N–H and O–H groups in total. The smallest absolute Gasteiger partial charge is 0.161 e. The number of rotatable bonds is 5. The Morgan fingerprint density at radius 1 is 1.40 bits per heavy atom. The molecule has 0 amide bonds. The fourth-order valence-corrected chi connectivity index (χ4v) is 3.60. The van der Waals surface area contributed by atoms with E-state index in [4.69, 9.17) is 4.74 Å². The topological polar surface area (TPSA) is 39.1 Å². The van der Waals surface area contributed by atoms with Crippen LogP contribution in [0.4, 0.5) is 0 Å². The summed E-state index contributed by atoms with van der Waals surface area (Å²) in [5.41, 5.74) is 1.21. The molecule has 114 valence electrons. The lowest BCUT2D eigenvalue weighted by atomic mass is 9.77. The third-order valence-electron chi connectivity index (χ3n) is 4.56. The molecule has 1 aromatic heterocycles. The van der Waals surface area contributed by atoms with E-state index >= 15 is 0 Å². The Hall–Kier alpha value is -1.03. The molecule has 0 saturated heterocycles. The van der Waals surface area contributed by atoms with Gasteiger partial charge in [-0.05, 0) is 45.6 Å². The number of ether oxygens (including phenoxy) is 1. The van der Waals surface area contributed by atoms with E-state index in [2.05, 4.69) is 42.9 Å². The van der Waals surface area contributed by atoms with Gasteiger partial charge in [-0.15, -0.1) is 0 Å². The van der Waals surface area contributed by atoms with Crippen molar-refractivity contribution in [2.24, 2.45) is 11.8 Å². The molecule has 1 heterocycles. The van der Waals surface area contributed by atoms with E-state index in [1.54, 1.807) is 7.11 Å². The largest absolute Gasteiger partial charge is 0.493 e. The number of nitrogens with zero attached hydrogens (tertiary/aromatic N) is 2. The number of hydrogen-bond donors (Lipinski definition) is 1. The molecule has 4 heteroatoms. The maximum atomic E-state index is 5.55. The van der Waals surface area contributed by atoms with Crippen molar-refractivity contribution in [2.75, 3.05) is 14.2 Å². The summed E-state index contributed by atoms with van der Waals surface area (Å²) in [6.07, 6.45) is 7.14. The van der Waals surface area contributed by atoms with Gasteiger partial charge >= 0.3 is 0 Å². The quantitative estimate of drug-likeness (QED) is 0.895. The Balaban J connectivity index is 2.32. The molecule has 1 aromatic rings. The average molecular weight is 279 g/mol. The summed E-state index contributed by atoms with van der Waals surface area (Å²) in [5, 5.41) is 8.04. The van der Waals surface area contributed by atoms with Crippen molar-refractivity contribution in [3.63, 3.8) is 0 Å². The fourth-order valence-electron chi connectivity index (χ4n) is 3.60. The Labute approximate surface area is 122 Å². The van der Waals surface area contributed by atoms with Gasteiger partial charge in [0.25, 0.3) is 0 Å². The molecule has 1 saturated carbocycles. The van der Waals surface area contributed by atoms with Gasteiger partial charge in [-0.1, -0.05) is 19.8 Å². The van der Waals surface area contributed by atoms with Crippen molar-refractivity contribution in [3.8, 4) is 5.75 Å². The van der Waals surface area contributed by atoms with Crippen LogP contribution in [0.25, 0.3) is 0 Å². The van der Waals surface area contributed by atoms with Gasteiger partial charge in [0.05, 0.1) is 25.0 Å². The molecule has 1 aliphatic carbocycles. The van der Waals surface area contributed by atoms with Crippen LogP contribution in [0.1, 0.15) is 64.2 Å². The third-order valence-corrected chi connectivity index (χ3v) is 4.56. The number of nitrogens with one attached hydrogen (secondary N) is 1. The lowest BCUT2D eigenvalue weighted by Gasteiger charge is -2.34. The van der Waals surface area contributed by atoms with Crippen LogP contribution in [-0.4, -0.2) is 23.9 Å². The van der Waals surface area contributed by atoms with E-state index in [1.165, 1.54) is 31.4 Å². The highest BCUT2D eigenvalue weighted by atomic mass is 16.5. The minimum atomic E-state index is 0.331. The fraction of sp³-hybridized carbons (Fsp3) is 0.812. The first-order valence-corrected chi connectivity index (χ1v) is 7.87. The lowest BCUT2D eigenvalue weighted by Crippen LogP contribution is -2.31. The van der Waals surface area contributed by atoms with Crippen molar-refractivity contribution in [2.45, 2.75) is 58.5 Å². The Morgan fingerprint density at radius 2 is 2.15 bits per heavy atom. The van der Waals surface area contributed by atoms with Gasteiger partial charge in [-0.2, -0.15) is 5.10 Å². The summed E-state index contributed by atoms with van der Waals surface area (Å²) in [4.78, 5) is 0. The molecule has 0 radical (unpaired) electrons. The van der Waals surface area contributed by atoms with Gasteiger partial charge in [-0.3, -0.25) is 4.68 Å². The molecule has 20 heavy (non-hydrogen) atoms. The first-order valence-electron chi connectivity index (χ1n) is 7.87. The molecule has 3 atom stereocenters. The van der Waals surface area contributed by atoms with Crippen LogP contribution in [0.3, 0.4) is 0 Å². The molecule has 0 aliphatic heterocycles. The SMILES string of the molecule is CNC(c1c(OC)cnn1C(C)C)C1CCCC(C)C1. The monoisotopic (exact) mass is 279 g/mol. The molecule has 4 nitrogen and oxygen atoms in total. The maximum Gasteiger partial charge on any atom is 0.161 e. The summed E-state index contributed by atoms with van der Waals surface area (Å²) in [6, 6.07) is 0.684. The predicted octanol–water partition coefficient (Wildman–Crippen LogP) is 3.56. The zero-order valence-corrected chi connectivity index (χ0v) is 13.5. The molecule has 2 rings (SSSR count). The molecule has 1 aliphatic rings. The van der Waals surface area contributed by atoms with E-state index in [0.717, 1.165) is 11.7 Å². The van der Waals surface area contributed by atoms with Crippen LogP contribution >= 0.6 is 0 Å². The van der Waals surface area contributed by atoms with E-state index in [0.29, 0.717) is 18.0 Å². The Kier molecular flexibility index (Phi) is 5.08. The molecular formula is C16H29N3O. The first kappa shape index (κ1) is 15.4. The average Bonchev–Trinajstić information content (AvgIpc) is 2.84. The third kappa shape index (κ3) is 3.00. The second-order valence-corrected chi connectivity index (χ2v) is 6.43. The highest BCUT2D eigenvalue weighted by molar-refractivity contribution is 5.29. The molecule has 0 spiro atoms. The van der Waals surface area contributed by atoms with Gasteiger partial charge in [-0.25, -0.2) is 0 Å². The van der Waals surface area contributed by atoms with Crippen molar-refractivity contribution in [3.05, 3.63) is 11.9 Å². The molecule has 0 bridgehead atoms. The number of hydrogen-bond acceptors (Lipinski definition) is 3. The summed E-state index contributed by atoms with van der Waals surface area (Å²) in [5.74, 6) is 2.41. The summed E-state index contributed by atoms with van der Waals surface area (Å²) in [7, 11) is 3.79. The van der Waals surface area contributed by atoms with Crippen molar-refractivity contribution >= 4 is 0 Å². The number of methoxy groups -OCH3 is 1. The minimum absolute atomic E-state index is 0.331. The van der Waals surface area contributed by atoms with Gasteiger partial charge in [0, 0.05) is 6.04 Å². The summed E-state index contributed by atoms with van der Waals surface area (Å²) in [6.45, 7) is 6.72. The second-order valence-electron chi connectivity index (χ2n) is 6.43. The van der Waals surface area contributed by atoms with E-state index in [1.807, 2.05) is 6.20 Å². The van der Waals surface area contributed by atoms with Crippen LogP contribution in [-0.2, 0) is 0 Å². The van der Waals surface area contributed by atoms with Gasteiger partial charge in [0.1, 0.15) is 0 Å². The Morgan fingerprint density at radius 3 is 2.70 bits per heavy atom. The van der Waals surface area contributed by atoms with Crippen molar-refractivity contribution < 1.29 is 4.74 Å². The van der Waals surface area contributed by atoms with Crippen molar-refractivity contribution in [1.29, 1.82) is 0 Å². The van der Waals surface area contributed by atoms with Crippen LogP contribution in [0.2, 0.25) is 0 Å². The zero-order chi connectivity index (χ0) is 14.7. The summed E-state index contributed by atoms with van der Waals surface area (Å²) >= 11 is 0. The maximum absolute atomic E-state index is 5.55. The van der Waals surface area contributed by atoms with Crippen LogP contribution < -0.4 is 10.1 Å². The molecule has 0 aromatic carbocycles. The van der Waals surface area contributed by atoms with Crippen LogP contribution in [0, 0.1) is 11.8 Å². The molecular weight excluding hydrogens is 250 g/mol. The zero-order valence-electron chi connectivity index (χ0n) is 13.5. The minimum Gasteiger partial charge on any atom is -0.493 e. The van der Waals surface area contributed by atoms with Crippen molar-refractivity contribution in [1.82, 2.24) is 15.1 Å². The molecule has 3 unspecified atom stereocenters. The van der Waals surface area contributed by atoms with E-state index < -0.39 is 0 Å². The van der Waals surface area contributed by atoms with Gasteiger partial charge in [0.15, 0.2) is 5.75 Å². The molecule has 1 fully saturated rings. The highest BCUT2D eigenvalue weighted by Crippen LogP contribution is 2.40. The first-order chi connectivity index (χ1) is 9.58. The Bertz CT molecular complexity index is 427. The van der Waals surface area contributed by atoms with Gasteiger partial charge in [0.2, 0.25) is 0 Å². The second kappa shape index (κ2) is 6.61. The van der Waals surface area contributed by atoms with E-state index in [9.17, 15) is 0 Å².